The molecule has 18 heavy (non-hydrogen) atoms. The van der Waals surface area contributed by atoms with E-state index in [2.05, 4.69) is 5.32 Å². The number of nitrogens with one attached hydrogen (secondary N) is 1. The molecule has 2 rings (SSSR count). The summed E-state index contributed by atoms with van der Waals surface area (Å²) in [5.74, 6) is 0.337. The highest BCUT2D eigenvalue weighted by atomic mass is 16.6. The van der Waals surface area contributed by atoms with Gasteiger partial charge in [0.1, 0.15) is 10.7 Å². The first-order chi connectivity index (χ1) is 8.66. The van der Waals surface area contributed by atoms with Gasteiger partial charge in [0.2, 0.25) is 0 Å². The average molecular weight is 246 g/mol. The van der Waals surface area contributed by atoms with Crippen molar-refractivity contribution in [3.63, 3.8) is 0 Å². The summed E-state index contributed by atoms with van der Waals surface area (Å²) in [6.45, 7) is 2.50. The molecule has 0 aliphatic rings. The second-order valence-corrected chi connectivity index (χ2v) is 4.01. The van der Waals surface area contributed by atoms with E-state index in [0.29, 0.717) is 12.3 Å². The van der Waals surface area contributed by atoms with Gasteiger partial charge in [0.05, 0.1) is 12.6 Å². The number of benzene rings is 1. The van der Waals surface area contributed by atoms with Gasteiger partial charge in [-0.3, -0.25) is 10.1 Å². The van der Waals surface area contributed by atoms with Crippen molar-refractivity contribution >= 4 is 5.88 Å². The molecule has 1 atom stereocenters. The number of hydrogen-bond acceptors (Lipinski definition) is 4. The SMILES string of the molecule is C[C@@H](NCc1ccc([N+](=O)[O-])o1)c1ccccc1. The van der Waals surface area contributed by atoms with Gasteiger partial charge < -0.3 is 9.73 Å². The molecule has 0 unspecified atom stereocenters. The Labute approximate surface area is 105 Å². The quantitative estimate of drug-likeness (QED) is 0.650. The minimum atomic E-state index is -0.538. The molecule has 0 aliphatic carbocycles. The molecule has 0 radical (unpaired) electrons. The first-order valence-electron chi connectivity index (χ1n) is 5.68. The Morgan fingerprint density at radius 2 is 2.00 bits per heavy atom. The van der Waals surface area contributed by atoms with Crippen molar-refractivity contribution in [3.8, 4) is 0 Å². The molecule has 0 aliphatic heterocycles. The molecular formula is C13H14N2O3. The highest BCUT2D eigenvalue weighted by molar-refractivity contribution is 5.20. The van der Waals surface area contributed by atoms with E-state index in [1.807, 2.05) is 37.3 Å². The molecule has 1 aromatic carbocycles. The molecule has 1 aromatic heterocycles. The van der Waals surface area contributed by atoms with E-state index in [4.69, 9.17) is 4.42 Å². The molecule has 94 valence electrons. The molecule has 5 nitrogen and oxygen atoms in total. The predicted molar refractivity (Wildman–Crippen MR) is 67.1 cm³/mol. The van der Waals surface area contributed by atoms with Crippen molar-refractivity contribution < 1.29 is 9.34 Å². The summed E-state index contributed by atoms with van der Waals surface area (Å²) in [5, 5.41) is 13.7. The fourth-order valence-corrected chi connectivity index (χ4v) is 1.67. The van der Waals surface area contributed by atoms with Crippen LogP contribution in [0.15, 0.2) is 46.9 Å². The van der Waals surface area contributed by atoms with Crippen LogP contribution in [0.3, 0.4) is 0 Å². The maximum atomic E-state index is 10.5. The minimum absolute atomic E-state index is 0.162. The Bertz CT molecular complexity index is 522. The van der Waals surface area contributed by atoms with Crippen molar-refractivity contribution in [2.24, 2.45) is 0 Å². The van der Waals surface area contributed by atoms with Crippen LogP contribution >= 0.6 is 0 Å². The Morgan fingerprint density at radius 1 is 1.28 bits per heavy atom. The third kappa shape index (κ3) is 2.95. The molecule has 5 heteroatoms. The van der Waals surface area contributed by atoms with Crippen LogP contribution in [0.4, 0.5) is 5.88 Å². The number of hydrogen-bond donors (Lipinski definition) is 1. The first kappa shape index (κ1) is 12.3. The third-order valence-corrected chi connectivity index (χ3v) is 2.71. The summed E-state index contributed by atoms with van der Waals surface area (Å²) in [7, 11) is 0. The van der Waals surface area contributed by atoms with Crippen LogP contribution in [-0.2, 0) is 6.54 Å². The summed E-state index contributed by atoms with van der Waals surface area (Å²) < 4.78 is 5.07. The Morgan fingerprint density at radius 3 is 2.61 bits per heavy atom. The summed E-state index contributed by atoms with van der Waals surface area (Å²) in [6.07, 6.45) is 0. The standard InChI is InChI=1S/C13H14N2O3/c1-10(11-5-3-2-4-6-11)14-9-12-7-8-13(18-12)15(16)17/h2-8,10,14H,9H2,1H3/t10-/m1/s1. The maximum absolute atomic E-state index is 10.5. The lowest BCUT2D eigenvalue weighted by Gasteiger charge is -2.12. The van der Waals surface area contributed by atoms with Crippen LogP contribution in [0, 0.1) is 10.1 Å². The zero-order chi connectivity index (χ0) is 13.0. The zero-order valence-corrected chi connectivity index (χ0v) is 10.00. The summed E-state index contributed by atoms with van der Waals surface area (Å²) in [4.78, 5) is 9.93. The molecule has 1 heterocycles. The van der Waals surface area contributed by atoms with Crippen molar-refractivity contribution in [1.82, 2.24) is 5.32 Å². The normalized spacial score (nSPS) is 12.3. The third-order valence-electron chi connectivity index (χ3n) is 2.71. The van der Waals surface area contributed by atoms with E-state index in [9.17, 15) is 10.1 Å². The maximum Gasteiger partial charge on any atom is 0.433 e. The van der Waals surface area contributed by atoms with Gasteiger partial charge in [0.25, 0.3) is 0 Å². The van der Waals surface area contributed by atoms with Gasteiger partial charge in [-0.2, -0.15) is 0 Å². The molecule has 0 spiro atoms. The number of nitro groups is 1. The van der Waals surface area contributed by atoms with Gasteiger partial charge in [0, 0.05) is 6.04 Å². The van der Waals surface area contributed by atoms with Gasteiger partial charge >= 0.3 is 5.88 Å². The van der Waals surface area contributed by atoms with Crippen molar-refractivity contribution in [3.05, 3.63) is 63.9 Å². The zero-order valence-electron chi connectivity index (χ0n) is 10.00. The molecule has 1 N–H and O–H groups in total. The summed E-state index contributed by atoms with van der Waals surface area (Å²) in [6, 6.07) is 13.1. The first-order valence-corrected chi connectivity index (χ1v) is 5.68. The van der Waals surface area contributed by atoms with Crippen LogP contribution < -0.4 is 5.32 Å². The molecular weight excluding hydrogens is 232 g/mol. The largest absolute Gasteiger partial charge is 0.433 e. The second kappa shape index (κ2) is 5.46. The number of nitrogens with zero attached hydrogens (tertiary/aromatic N) is 1. The molecule has 0 bridgehead atoms. The van der Waals surface area contributed by atoms with E-state index in [0.717, 1.165) is 0 Å². The van der Waals surface area contributed by atoms with Crippen LogP contribution in [0.5, 0.6) is 0 Å². The van der Waals surface area contributed by atoms with Crippen LogP contribution in [0.2, 0.25) is 0 Å². The van der Waals surface area contributed by atoms with E-state index >= 15 is 0 Å². The lowest BCUT2D eigenvalue weighted by Crippen LogP contribution is -2.17. The lowest BCUT2D eigenvalue weighted by atomic mass is 10.1. The van der Waals surface area contributed by atoms with E-state index in [1.54, 1.807) is 6.07 Å². The fraction of sp³-hybridized carbons (Fsp3) is 0.231. The van der Waals surface area contributed by atoms with Gasteiger partial charge in [-0.15, -0.1) is 0 Å². The van der Waals surface area contributed by atoms with E-state index < -0.39 is 4.92 Å². The number of rotatable bonds is 5. The van der Waals surface area contributed by atoms with Crippen molar-refractivity contribution in [2.75, 3.05) is 0 Å². The van der Waals surface area contributed by atoms with Gasteiger partial charge in [0.15, 0.2) is 0 Å². The lowest BCUT2D eigenvalue weighted by molar-refractivity contribution is -0.402. The smallest absolute Gasteiger partial charge is 0.404 e. The van der Waals surface area contributed by atoms with Gasteiger partial charge in [-0.1, -0.05) is 30.3 Å². The molecule has 0 saturated heterocycles. The van der Waals surface area contributed by atoms with Crippen molar-refractivity contribution in [2.45, 2.75) is 19.5 Å². The van der Waals surface area contributed by atoms with Crippen LogP contribution in [-0.4, -0.2) is 4.92 Å². The molecule has 0 saturated carbocycles. The highest BCUT2D eigenvalue weighted by Crippen LogP contribution is 2.17. The Balaban J connectivity index is 1.93. The van der Waals surface area contributed by atoms with Gasteiger partial charge in [-0.25, -0.2) is 0 Å². The Hall–Kier alpha value is -2.14. The Kier molecular flexibility index (Phi) is 3.74. The van der Waals surface area contributed by atoms with Crippen molar-refractivity contribution in [1.29, 1.82) is 0 Å². The molecule has 0 amide bonds. The monoisotopic (exact) mass is 246 g/mol. The van der Waals surface area contributed by atoms with E-state index in [1.165, 1.54) is 11.6 Å². The predicted octanol–water partition coefficient (Wildman–Crippen LogP) is 3.04. The molecule has 0 fully saturated rings. The van der Waals surface area contributed by atoms with Crippen LogP contribution in [0.1, 0.15) is 24.3 Å². The topological polar surface area (TPSA) is 68.3 Å². The highest BCUT2D eigenvalue weighted by Gasteiger charge is 2.12. The number of furan rings is 1. The summed E-state index contributed by atoms with van der Waals surface area (Å²) >= 11 is 0. The average Bonchev–Trinajstić information content (AvgIpc) is 2.86. The second-order valence-electron chi connectivity index (χ2n) is 4.01. The van der Waals surface area contributed by atoms with Crippen LogP contribution in [0.25, 0.3) is 0 Å². The van der Waals surface area contributed by atoms with E-state index in [-0.39, 0.29) is 11.9 Å². The molecule has 2 aromatic rings. The summed E-state index contributed by atoms with van der Waals surface area (Å²) in [5.41, 5.74) is 1.17. The fourth-order valence-electron chi connectivity index (χ4n) is 1.67. The van der Waals surface area contributed by atoms with Gasteiger partial charge in [-0.05, 0) is 18.6 Å². The minimum Gasteiger partial charge on any atom is -0.404 e.